The Hall–Kier alpha value is -1.62. The minimum atomic E-state index is -0.853. The molecule has 1 heterocycles. The van der Waals surface area contributed by atoms with Gasteiger partial charge in [-0.15, -0.1) is 11.3 Å². The third-order valence-corrected chi connectivity index (χ3v) is 4.03. The first kappa shape index (κ1) is 13.8. The Morgan fingerprint density at radius 1 is 1.42 bits per heavy atom. The molecule has 1 N–H and O–H groups in total. The predicted molar refractivity (Wildman–Crippen MR) is 76.1 cm³/mol. The summed E-state index contributed by atoms with van der Waals surface area (Å²) in [6, 6.07) is 5.66. The molecule has 0 amide bonds. The number of rotatable bonds is 4. The first-order valence-corrected chi connectivity index (χ1v) is 6.93. The molecule has 0 aliphatic heterocycles. The molecule has 1 aromatic carbocycles. The van der Waals surface area contributed by atoms with Crippen molar-refractivity contribution in [2.75, 3.05) is 6.61 Å². The summed E-state index contributed by atoms with van der Waals surface area (Å²) in [5.74, 6) is -0.160. The summed E-state index contributed by atoms with van der Waals surface area (Å²) in [5.41, 5.74) is 0.995. The standard InChI is InChI=1S/C14H17NO3S/c1-14(2,3)13-15-10-5-4-9(8-11(10)19-13)18-7-6-12(16)17/h4-5,8H,6-7H2,1-3H3,(H,16,17). The second kappa shape index (κ2) is 5.17. The zero-order valence-electron chi connectivity index (χ0n) is 11.3. The van der Waals surface area contributed by atoms with Gasteiger partial charge >= 0.3 is 5.97 Å². The third kappa shape index (κ3) is 3.44. The molecule has 0 saturated heterocycles. The Morgan fingerprint density at radius 3 is 2.79 bits per heavy atom. The van der Waals surface area contributed by atoms with Crippen LogP contribution >= 0.6 is 11.3 Å². The lowest BCUT2D eigenvalue weighted by atomic mass is 9.98. The molecule has 0 fully saturated rings. The van der Waals surface area contributed by atoms with E-state index in [-0.39, 0.29) is 18.4 Å². The van der Waals surface area contributed by atoms with Crippen LogP contribution < -0.4 is 4.74 Å². The number of hydrogen-bond donors (Lipinski definition) is 1. The Kier molecular flexibility index (Phi) is 3.75. The first-order valence-electron chi connectivity index (χ1n) is 6.12. The summed E-state index contributed by atoms with van der Waals surface area (Å²) in [4.78, 5) is 15.0. The maximum atomic E-state index is 10.4. The number of carboxylic acids is 1. The van der Waals surface area contributed by atoms with Gasteiger partial charge in [0.2, 0.25) is 0 Å². The van der Waals surface area contributed by atoms with Crippen LogP contribution in [0.25, 0.3) is 10.2 Å². The highest BCUT2D eigenvalue weighted by Crippen LogP contribution is 2.32. The summed E-state index contributed by atoms with van der Waals surface area (Å²) in [6.45, 7) is 6.59. The van der Waals surface area contributed by atoms with Crippen LogP contribution in [0.2, 0.25) is 0 Å². The van der Waals surface area contributed by atoms with E-state index in [0.29, 0.717) is 5.75 Å². The van der Waals surface area contributed by atoms with Crippen molar-refractivity contribution in [3.8, 4) is 5.75 Å². The number of carbonyl (C=O) groups is 1. The third-order valence-electron chi connectivity index (χ3n) is 2.59. The van der Waals surface area contributed by atoms with Gasteiger partial charge in [0.1, 0.15) is 5.75 Å². The highest BCUT2D eigenvalue weighted by molar-refractivity contribution is 7.18. The van der Waals surface area contributed by atoms with E-state index in [1.54, 1.807) is 11.3 Å². The Balaban J connectivity index is 2.18. The molecule has 0 aliphatic rings. The summed E-state index contributed by atoms with van der Waals surface area (Å²) in [7, 11) is 0. The average Bonchev–Trinajstić information content (AvgIpc) is 2.71. The zero-order chi connectivity index (χ0) is 14.0. The van der Waals surface area contributed by atoms with Gasteiger partial charge in [0, 0.05) is 5.41 Å². The van der Waals surface area contributed by atoms with E-state index in [1.807, 2.05) is 18.2 Å². The molecule has 2 aromatic rings. The van der Waals surface area contributed by atoms with Crippen molar-refractivity contribution in [3.05, 3.63) is 23.2 Å². The number of ether oxygens (including phenoxy) is 1. The molecule has 102 valence electrons. The number of carboxylic acid groups (broad SMARTS) is 1. The first-order chi connectivity index (χ1) is 8.86. The second-order valence-corrected chi connectivity index (χ2v) is 6.42. The number of benzene rings is 1. The van der Waals surface area contributed by atoms with Gasteiger partial charge in [-0.1, -0.05) is 20.8 Å². The van der Waals surface area contributed by atoms with Gasteiger partial charge in [0.25, 0.3) is 0 Å². The minimum Gasteiger partial charge on any atom is -0.493 e. The van der Waals surface area contributed by atoms with Gasteiger partial charge in [-0.2, -0.15) is 0 Å². The van der Waals surface area contributed by atoms with Gasteiger partial charge in [-0.25, -0.2) is 4.98 Å². The molecule has 0 saturated carbocycles. The van der Waals surface area contributed by atoms with Crippen LogP contribution in [-0.2, 0) is 10.2 Å². The lowest BCUT2D eigenvalue weighted by Crippen LogP contribution is -2.09. The van der Waals surface area contributed by atoms with Crippen LogP contribution in [0.5, 0.6) is 5.75 Å². The van der Waals surface area contributed by atoms with Crippen LogP contribution in [-0.4, -0.2) is 22.7 Å². The lowest BCUT2D eigenvalue weighted by molar-refractivity contribution is -0.137. The lowest BCUT2D eigenvalue weighted by Gasteiger charge is -2.13. The topological polar surface area (TPSA) is 59.4 Å². The zero-order valence-corrected chi connectivity index (χ0v) is 12.1. The number of nitrogens with zero attached hydrogens (tertiary/aromatic N) is 1. The van der Waals surface area contributed by atoms with Crippen LogP contribution in [0.1, 0.15) is 32.2 Å². The SMILES string of the molecule is CC(C)(C)c1nc2ccc(OCCC(=O)O)cc2s1. The molecule has 0 atom stereocenters. The molecule has 0 spiro atoms. The Morgan fingerprint density at radius 2 is 2.16 bits per heavy atom. The fourth-order valence-corrected chi connectivity index (χ4v) is 2.62. The molecule has 0 bridgehead atoms. The highest BCUT2D eigenvalue weighted by Gasteiger charge is 2.18. The number of aromatic nitrogens is 1. The number of thiazole rings is 1. The number of hydrogen-bond acceptors (Lipinski definition) is 4. The average molecular weight is 279 g/mol. The largest absolute Gasteiger partial charge is 0.493 e. The van der Waals surface area contributed by atoms with Crippen LogP contribution in [0, 0.1) is 0 Å². The minimum absolute atomic E-state index is 0.00791. The van der Waals surface area contributed by atoms with Crippen molar-refractivity contribution in [1.82, 2.24) is 4.98 Å². The van der Waals surface area contributed by atoms with Crippen LogP contribution in [0.15, 0.2) is 18.2 Å². The molecule has 4 nitrogen and oxygen atoms in total. The van der Waals surface area contributed by atoms with Gasteiger partial charge < -0.3 is 9.84 Å². The fraction of sp³-hybridized carbons (Fsp3) is 0.429. The van der Waals surface area contributed by atoms with E-state index < -0.39 is 5.97 Å². The van der Waals surface area contributed by atoms with Crippen molar-refractivity contribution in [3.63, 3.8) is 0 Å². The summed E-state index contributed by atoms with van der Waals surface area (Å²) < 4.78 is 6.49. The van der Waals surface area contributed by atoms with Crippen molar-refractivity contribution in [2.24, 2.45) is 0 Å². The molecule has 0 aliphatic carbocycles. The maximum absolute atomic E-state index is 10.4. The van der Waals surface area contributed by atoms with E-state index >= 15 is 0 Å². The van der Waals surface area contributed by atoms with Gasteiger partial charge in [-0.05, 0) is 18.2 Å². The molecule has 19 heavy (non-hydrogen) atoms. The van der Waals surface area contributed by atoms with Gasteiger partial charge in [0.05, 0.1) is 28.3 Å². The summed E-state index contributed by atoms with van der Waals surface area (Å²) in [6.07, 6.45) is 0.00791. The van der Waals surface area contributed by atoms with E-state index in [2.05, 4.69) is 25.8 Å². The Labute approximate surface area is 116 Å². The summed E-state index contributed by atoms with van der Waals surface area (Å²) >= 11 is 1.65. The quantitative estimate of drug-likeness (QED) is 0.931. The van der Waals surface area contributed by atoms with Crippen molar-refractivity contribution >= 4 is 27.5 Å². The van der Waals surface area contributed by atoms with E-state index in [9.17, 15) is 4.79 Å². The summed E-state index contributed by atoms with van der Waals surface area (Å²) in [5, 5.41) is 9.66. The molecular weight excluding hydrogens is 262 g/mol. The van der Waals surface area contributed by atoms with Crippen LogP contribution in [0.3, 0.4) is 0 Å². The molecule has 1 aromatic heterocycles. The smallest absolute Gasteiger partial charge is 0.306 e. The fourth-order valence-electron chi connectivity index (χ4n) is 1.57. The monoisotopic (exact) mass is 279 g/mol. The molecular formula is C14H17NO3S. The van der Waals surface area contributed by atoms with E-state index in [4.69, 9.17) is 9.84 Å². The molecule has 2 rings (SSSR count). The molecule has 0 radical (unpaired) electrons. The second-order valence-electron chi connectivity index (χ2n) is 5.39. The maximum Gasteiger partial charge on any atom is 0.306 e. The molecule has 5 heteroatoms. The van der Waals surface area contributed by atoms with E-state index in [0.717, 1.165) is 15.2 Å². The van der Waals surface area contributed by atoms with Crippen LogP contribution in [0.4, 0.5) is 0 Å². The van der Waals surface area contributed by atoms with Crippen molar-refractivity contribution < 1.29 is 14.6 Å². The van der Waals surface area contributed by atoms with E-state index in [1.165, 1.54) is 0 Å². The molecule has 0 unspecified atom stereocenters. The number of aliphatic carboxylic acids is 1. The Bertz CT molecular complexity index is 598. The number of fused-ring (bicyclic) bond motifs is 1. The highest BCUT2D eigenvalue weighted by atomic mass is 32.1. The predicted octanol–water partition coefficient (Wildman–Crippen LogP) is 3.45. The van der Waals surface area contributed by atoms with Gasteiger partial charge in [-0.3, -0.25) is 4.79 Å². The van der Waals surface area contributed by atoms with Crippen molar-refractivity contribution in [1.29, 1.82) is 0 Å². The van der Waals surface area contributed by atoms with Crippen molar-refractivity contribution in [2.45, 2.75) is 32.6 Å². The normalized spacial score (nSPS) is 11.7. The van der Waals surface area contributed by atoms with Gasteiger partial charge in [0.15, 0.2) is 0 Å².